The van der Waals surface area contributed by atoms with Gasteiger partial charge in [0.25, 0.3) is 0 Å². The van der Waals surface area contributed by atoms with E-state index in [1.807, 2.05) is 62.4 Å². The maximum absolute atomic E-state index is 13.0. The van der Waals surface area contributed by atoms with E-state index >= 15 is 0 Å². The molecule has 2 aromatic carbocycles. The first-order valence-corrected chi connectivity index (χ1v) is 10.1. The average molecular weight is 413 g/mol. The molecule has 6 nitrogen and oxygen atoms in total. The number of anilines is 1. The van der Waals surface area contributed by atoms with Crippen LogP contribution in [0.1, 0.15) is 44.4 Å². The number of hydrogen-bond donors (Lipinski definition) is 2. The lowest BCUT2D eigenvalue weighted by molar-refractivity contribution is -0.122. The molecule has 0 spiro atoms. The molecule has 2 N–H and O–H groups in total. The molecule has 0 radical (unpaired) electrons. The van der Waals surface area contributed by atoms with E-state index < -0.39 is 23.8 Å². The van der Waals surface area contributed by atoms with Gasteiger partial charge in [0, 0.05) is 5.69 Å². The number of ether oxygens (including phenoxy) is 2. The second kappa shape index (κ2) is 10.3. The van der Waals surface area contributed by atoms with Crippen molar-refractivity contribution in [1.29, 1.82) is 0 Å². The predicted octanol–water partition coefficient (Wildman–Crippen LogP) is 4.74. The number of carbonyl (C=O) groups excluding carboxylic acids is 2. The zero-order valence-electron chi connectivity index (χ0n) is 18.6. The molecule has 0 aromatic heterocycles. The Bertz CT molecular complexity index is 859. The van der Waals surface area contributed by atoms with E-state index in [-0.39, 0.29) is 5.91 Å². The Kier molecular flexibility index (Phi) is 8.00. The molecule has 2 amide bonds. The van der Waals surface area contributed by atoms with Crippen LogP contribution in [0.2, 0.25) is 0 Å². The number of alkyl carbamates (subject to hydrolysis) is 1. The lowest BCUT2D eigenvalue weighted by Gasteiger charge is -2.27. The predicted molar refractivity (Wildman–Crippen MR) is 118 cm³/mol. The van der Waals surface area contributed by atoms with Gasteiger partial charge in [-0.2, -0.15) is 0 Å². The zero-order valence-corrected chi connectivity index (χ0v) is 18.6. The Balaban J connectivity index is 2.13. The first-order valence-electron chi connectivity index (χ1n) is 10.1. The van der Waals surface area contributed by atoms with Gasteiger partial charge in [0.2, 0.25) is 5.91 Å². The van der Waals surface area contributed by atoms with Gasteiger partial charge in [-0.25, -0.2) is 4.79 Å². The van der Waals surface area contributed by atoms with Gasteiger partial charge in [0.1, 0.15) is 11.6 Å². The molecule has 2 aromatic rings. The average Bonchev–Trinajstić information content (AvgIpc) is 2.65. The molecule has 162 valence electrons. The standard InChI is InChI=1S/C24H32N2O4/c1-16-12-13-20(17(2)14-16)25-22(27)21(26-23(28)30-24(4,5)6)18(3)29-15-19-10-8-7-9-11-19/h7-14,18,21H,15H2,1-6H3,(H,25,27)(H,26,28)/t18-,21+/m1/s1. The third-order valence-corrected chi connectivity index (χ3v) is 4.42. The van der Waals surface area contributed by atoms with Gasteiger partial charge in [-0.1, -0.05) is 48.0 Å². The number of nitrogens with one attached hydrogen (secondary N) is 2. The van der Waals surface area contributed by atoms with E-state index in [1.54, 1.807) is 27.7 Å². The van der Waals surface area contributed by atoms with E-state index in [0.29, 0.717) is 12.3 Å². The van der Waals surface area contributed by atoms with Crippen molar-refractivity contribution in [2.75, 3.05) is 5.32 Å². The first kappa shape index (κ1) is 23.4. The number of benzene rings is 2. The van der Waals surface area contributed by atoms with E-state index in [0.717, 1.165) is 16.7 Å². The summed E-state index contributed by atoms with van der Waals surface area (Å²) in [5.41, 5.74) is 3.05. The second-order valence-electron chi connectivity index (χ2n) is 8.43. The molecule has 2 rings (SSSR count). The molecule has 2 atom stereocenters. The Labute approximate surface area is 179 Å². The van der Waals surface area contributed by atoms with Crippen LogP contribution in [0.15, 0.2) is 48.5 Å². The molecule has 0 saturated carbocycles. The molecule has 0 bridgehead atoms. The molecule has 0 aliphatic rings. The van der Waals surface area contributed by atoms with Gasteiger partial charge >= 0.3 is 6.09 Å². The van der Waals surface area contributed by atoms with Crippen molar-refractivity contribution in [1.82, 2.24) is 5.32 Å². The topological polar surface area (TPSA) is 76.7 Å². The fourth-order valence-electron chi connectivity index (χ4n) is 2.89. The highest BCUT2D eigenvalue weighted by Crippen LogP contribution is 2.17. The quantitative estimate of drug-likeness (QED) is 0.689. The molecule has 6 heteroatoms. The van der Waals surface area contributed by atoms with E-state index in [9.17, 15) is 9.59 Å². The maximum atomic E-state index is 13.0. The molecule has 0 unspecified atom stereocenters. The fourth-order valence-corrected chi connectivity index (χ4v) is 2.89. The van der Waals surface area contributed by atoms with Crippen molar-refractivity contribution >= 4 is 17.7 Å². The zero-order chi connectivity index (χ0) is 22.3. The summed E-state index contributed by atoms with van der Waals surface area (Å²) in [6, 6.07) is 14.5. The van der Waals surface area contributed by atoms with Gasteiger partial charge < -0.3 is 20.1 Å². The van der Waals surface area contributed by atoms with Crippen molar-refractivity contribution in [3.05, 3.63) is 65.2 Å². The van der Waals surface area contributed by atoms with Crippen LogP contribution in [-0.4, -0.2) is 29.7 Å². The normalized spacial score (nSPS) is 13.3. The Hall–Kier alpha value is -2.86. The molecule has 0 saturated heterocycles. The van der Waals surface area contributed by atoms with Crippen LogP contribution < -0.4 is 10.6 Å². The van der Waals surface area contributed by atoms with Gasteiger partial charge in [0.05, 0.1) is 12.7 Å². The largest absolute Gasteiger partial charge is 0.444 e. The molecular formula is C24H32N2O4. The monoisotopic (exact) mass is 412 g/mol. The molecule has 0 aliphatic heterocycles. The highest BCUT2D eigenvalue weighted by atomic mass is 16.6. The van der Waals surface area contributed by atoms with Crippen LogP contribution in [-0.2, 0) is 20.9 Å². The number of hydrogen-bond acceptors (Lipinski definition) is 4. The minimum atomic E-state index is -0.927. The van der Waals surface area contributed by atoms with E-state index in [1.165, 1.54) is 0 Å². The van der Waals surface area contributed by atoms with Crippen molar-refractivity contribution in [3.8, 4) is 0 Å². The van der Waals surface area contributed by atoms with Crippen LogP contribution in [0.5, 0.6) is 0 Å². The van der Waals surface area contributed by atoms with Gasteiger partial charge in [-0.3, -0.25) is 4.79 Å². The minimum absolute atomic E-state index is 0.325. The summed E-state index contributed by atoms with van der Waals surface area (Å²) in [7, 11) is 0. The van der Waals surface area contributed by atoms with Crippen molar-refractivity contribution in [2.24, 2.45) is 0 Å². The van der Waals surface area contributed by atoms with Gasteiger partial charge in [-0.05, 0) is 58.7 Å². The summed E-state index contributed by atoms with van der Waals surface area (Å²) in [6.07, 6.45) is -1.25. The summed E-state index contributed by atoms with van der Waals surface area (Å²) >= 11 is 0. The van der Waals surface area contributed by atoms with E-state index in [2.05, 4.69) is 10.6 Å². The van der Waals surface area contributed by atoms with Crippen LogP contribution in [0.4, 0.5) is 10.5 Å². The first-order chi connectivity index (χ1) is 14.0. The van der Waals surface area contributed by atoms with Crippen molar-refractivity contribution < 1.29 is 19.1 Å². The van der Waals surface area contributed by atoms with E-state index in [4.69, 9.17) is 9.47 Å². The lowest BCUT2D eigenvalue weighted by atomic mass is 10.1. The lowest BCUT2D eigenvalue weighted by Crippen LogP contribution is -2.52. The second-order valence-corrected chi connectivity index (χ2v) is 8.43. The number of carbonyl (C=O) groups is 2. The summed E-state index contributed by atoms with van der Waals surface area (Å²) < 4.78 is 11.2. The third-order valence-electron chi connectivity index (χ3n) is 4.42. The van der Waals surface area contributed by atoms with Crippen LogP contribution in [0.3, 0.4) is 0 Å². The SMILES string of the molecule is Cc1ccc(NC(=O)[C@@H](NC(=O)OC(C)(C)C)[C@@H](C)OCc2ccccc2)c(C)c1. The summed E-state index contributed by atoms with van der Waals surface area (Å²) in [6.45, 7) is 11.3. The molecule has 0 aliphatic carbocycles. The third kappa shape index (κ3) is 7.52. The number of amides is 2. The molecule has 30 heavy (non-hydrogen) atoms. The highest BCUT2D eigenvalue weighted by Gasteiger charge is 2.30. The summed E-state index contributed by atoms with van der Waals surface area (Å²) in [5, 5.41) is 5.56. The van der Waals surface area contributed by atoms with Crippen LogP contribution >= 0.6 is 0 Å². The fraction of sp³-hybridized carbons (Fsp3) is 0.417. The summed E-state index contributed by atoms with van der Waals surface area (Å²) in [4.78, 5) is 25.4. The molecule has 0 heterocycles. The maximum Gasteiger partial charge on any atom is 0.408 e. The minimum Gasteiger partial charge on any atom is -0.444 e. The van der Waals surface area contributed by atoms with Crippen LogP contribution in [0.25, 0.3) is 0 Å². The molecular weight excluding hydrogens is 380 g/mol. The highest BCUT2D eigenvalue weighted by molar-refractivity contribution is 5.97. The summed E-state index contributed by atoms with van der Waals surface area (Å²) in [5.74, 6) is -0.367. The Morgan fingerprint density at radius 1 is 1.03 bits per heavy atom. The Morgan fingerprint density at radius 3 is 2.30 bits per heavy atom. The van der Waals surface area contributed by atoms with Gasteiger partial charge in [0.15, 0.2) is 0 Å². The van der Waals surface area contributed by atoms with Gasteiger partial charge in [-0.15, -0.1) is 0 Å². The van der Waals surface area contributed by atoms with Crippen molar-refractivity contribution in [2.45, 2.75) is 65.9 Å². The Morgan fingerprint density at radius 2 is 1.70 bits per heavy atom. The number of aryl methyl sites for hydroxylation is 2. The van der Waals surface area contributed by atoms with Crippen molar-refractivity contribution in [3.63, 3.8) is 0 Å². The molecule has 0 fully saturated rings. The number of rotatable bonds is 7. The smallest absolute Gasteiger partial charge is 0.408 e. The van der Waals surface area contributed by atoms with Crippen LogP contribution in [0, 0.1) is 13.8 Å².